The first-order valence-corrected chi connectivity index (χ1v) is 8.98. The van der Waals surface area contributed by atoms with Crippen molar-refractivity contribution in [3.63, 3.8) is 0 Å². The van der Waals surface area contributed by atoms with Crippen LogP contribution in [0.5, 0.6) is 0 Å². The normalized spacial score (nSPS) is 12.0. The number of rotatable bonds is 6. The van der Waals surface area contributed by atoms with Crippen molar-refractivity contribution in [1.29, 1.82) is 0 Å². The van der Waals surface area contributed by atoms with E-state index in [1.165, 1.54) is 17.8 Å². The zero-order chi connectivity index (χ0) is 16.8. The Morgan fingerprint density at radius 1 is 1.43 bits per heavy atom. The Kier molecular flexibility index (Phi) is 6.41. The van der Waals surface area contributed by atoms with E-state index in [0.717, 1.165) is 28.7 Å². The largest absolute Gasteiger partial charge is 0.325 e. The lowest BCUT2D eigenvalue weighted by Gasteiger charge is -2.12. The number of H-pyrrole nitrogens is 1. The lowest BCUT2D eigenvalue weighted by Crippen LogP contribution is -2.23. The van der Waals surface area contributed by atoms with E-state index in [2.05, 4.69) is 31.2 Å². The minimum atomic E-state index is -0.381. The first kappa shape index (κ1) is 17.7. The standard InChI is InChI=1S/C16H18BrN3O2S/c1-3-5-12-9-14(21)20-16(19-12)23-10(2)15(22)18-13-7-4-6-11(17)8-13/h4,6-10H,3,5H2,1-2H3,(H,18,22)(H,19,20,21). The van der Waals surface area contributed by atoms with Gasteiger partial charge < -0.3 is 10.3 Å². The van der Waals surface area contributed by atoms with Crippen LogP contribution in [-0.2, 0) is 11.2 Å². The molecule has 1 heterocycles. The fourth-order valence-electron chi connectivity index (χ4n) is 1.95. The van der Waals surface area contributed by atoms with Crippen LogP contribution in [0.4, 0.5) is 5.69 Å². The summed E-state index contributed by atoms with van der Waals surface area (Å²) in [4.78, 5) is 31.0. The molecule has 1 unspecified atom stereocenters. The molecule has 0 fully saturated rings. The van der Waals surface area contributed by atoms with Crippen molar-refractivity contribution in [2.24, 2.45) is 0 Å². The number of amides is 1. The summed E-state index contributed by atoms with van der Waals surface area (Å²) in [6.45, 7) is 3.81. The quantitative estimate of drug-likeness (QED) is 0.578. The number of hydrogen-bond acceptors (Lipinski definition) is 4. The number of aryl methyl sites for hydroxylation is 1. The van der Waals surface area contributed by atoms with Gasteiger partial charge in [-0.05, 0) is 31.5 Å². The monoisotopic (exact) mass is 395 g/mol. The predicted octanol–water partition coefficient (Wildman–Crippen LogP) is 3.60. The Morgan fingerprint density at radius 2 is 2.22 bits per heavy atom. The molecule has 2 N–H and O–H groups in total. The molecule has 0 spiro atoms. The summed E-state index contributed by atoms with van der Waals surface area (Å²) >= 11 is 4.61. The van der Waals surface area contributed by atoms with Gasteiger partial charge >= 0.3 is 0 Å². The lowest BCUT2D eigenvalue weighted by molar-refractivity contribution is -0.115. The Hall–Kier alpha value is -1.60. The van der Waals surface area contributed by atoms with Gasteiger partial charge in [0.2, 0.25) is 5.91 Å². The summed E-state index contributed by atoms with van der Waals surface area (Å²) in [6.07, 6.45) is 1.66. The van der Waals surface area contributed by atoms with Crippen LogP contribution in [-0.4, -0.2) is 21.1 Å². The molecule has 0 aliphatic carbocycles. The molecule has 1 amide bonds. The first-order valence-electron chi connectivity index (χ1n) is 7.31. The maximum absolute atomic E-state index is 12.3. The van der Waals surface area contributed by atoms with E-state index >= 15 is 0 Å². The van der Waals surface area contributed by atoms with Crippen LogP contribution in [0.3, 0.4) is 0 Å². The van der Waals surface area contributed by atoms with Crippen LogP contribution < -0.4 is 10.9 Å². The fourth-order valence-corrected chi connectivity index (χ4v) is 3.18. The number of aromatic amines is 1. The van der Waals surface area contributed by atoms with E-state index in [1.54, 1.807) is 6.92 Å². The molecular formula is C16H18BrN3O2S. The van der Waals surface area contributed by atoms with E-state index in [4.69, 9.17) is 0 Å². The van der Waals surface area contributed by atoms with E-state index in [1.807, 2.05) is 31.2 Å². The molecule has 0 saturated heterocycles. The number of aromatic nitrogens is 2. The number of thioether (sulfide) groups is 1. The van der Waals surface area contributed by atoms with Crippen molar-refractivity contribution in [3.8, 4) is 0 Å². The SMILES string of the molecule is CCCc1cc(=O)[nH]c(SC(C)C(=O)Nc2cccc(Br)c2)n1. The predicted molar refractivity (Wildman–Crippen MR) is 96.9 cm³/mol. The second-order valence-electron chi connectivity index (χ2n) is 5.05. The van der Waals surface area contributed by atoms with Gasteiger partial charge in [-0.1, -0.05) is 47.1 Å². The van der Waals surface area contributed by atoms with Gasteiger partial charge in [0.1, 0.15) is 0 Å². The molecule has 0 saturated carbocycles. The van der Waals surface area contributed by atoms with Crippen molar-refractivity contribution in [2.45, 2.75) is 37.1 Å². The molecule has 1 aromatic heterocycles. The maximum atomic E-state index is 12.3. The highest BCUT2D eigenvalue weighted by atomic mass is 79.9. The number of carbonyl (C=O) groups is 1. The Morgan fingerprint density at radius 3 is 2.91 bits per heavy atom. The van der Waals surface area contributed by atoms with E-state index in [-0.39, 0.29) is 16.7 Å². The van der Waals surface area contributed by atoms with E-state index < -0.39 is 0 Å². The molecule has 122 valence electrons. The third-order valence-electron chi connectivity index (χ3n) is 3.03. The number of anilines is 1. The molecule has 23 heavy (non-hydrogen) atoms. The highest BCUT2D eigenvalue weighted by Gasteiger charge is 2.16. The summed E-state index contributed by atoms with van der Waals surface area (Å²) < 4.78 is 0.897. The molecule has 2 rings (SSSR count). The van der Waals surface area contributed by atoms with Crippen molar-refractivity contribution < 1.29 is 4.79 Å². The molecule has 5 nitrogen and oxygen atoms in total. The van der Waals surface area contributed by atoms with Crippen molar-refractivity contribution in [1.82, 2.24) is 9.97 Å². The summed E-state index contributed by atoms with van der Waals surface area (Å²) in [5, 5.41) is 2.94. The molecule has 2 aromatic rings. The third-order valence-corrected chi connectivity index (χ3v) is 4.51. The molecule has 0 radical (unpaired) electrons. The van der Waals surface area contributed by atoms with Crippen LogP contribution in [0, 0.1) is 0 Å². The average Bonchev–Trinajstić information content (AvgIpc) is 2.46. The van der Waals surface area contributed by atoms with E-state index in [0.29, 0.717) is 5.16 Å². The summed E-state index contributed by atoms with van der Waals surface area (Å²) in [5.41, 5.74) is 1.28. The molecular weight excluding hydrogens is 378 g/mol. The minimum absolute atomic E-state index is 0.142. The van der Waals surface area contributed by atoms with Crippen molar-refractivity contribution in [2.75, 3.05) is 5.32 Å². The molecule has 1 aromatic carbocycles. The third kappa shape index (κ3) is 5.51. The zero-order valence-corrected chi connectivity index (χ0v) is 15.3. The van der Waals surface area contributed by atoms with Gasteiger partial charge in [0.05, 0.1) is 5.25 Å². The number of nitrogens with one attached hydrogen (secondary N) is 2. The number of benzene rings is 1. The van der Waals surface area contributed by atoms with Gasteiger partial charge in [0.25, 0.3) is 5.56 Å². The Labute approximate surface area is 147 Å². The van der Waals surface area contributed by atoms with E-state index in [9.17, 15) is 9.59 Å². The first-order chi connectivity index (χ1) is 11.0. The molecule has 7 heteroatoms. The summed E-state index contributed by atoms with van der Waals surface area (Å²) in [6, 6.07) is 8.89. The number of hydrogen-bond donors (Lipinski definition) is 2. The second-order valence-corrected chi connectivity index (χ2v) is 7.30. The number of nitrogens with zero attached hydrogens (tertiary/aromatic N) is 1. The van der Waals surface area contributed by atoms with Crippen LogP contribution in [0.1, 0.15) is 26.0 Å². The zero-order valence-electron chi connectivity index (χ0n) is 12.9. The van der Waals surface area contributed by atoms with Crippen LogP contribution in [0.25, 0.3) is 0 Å². The van der Waals surface area contributed by atoms with Gasteiger partial charge in [-0.2, -0.15) is 0 Å². The van der Waals surface area contributed by atoms with Crippen molar-refractivity contribution in [3.05, 3.63) is 50.9 Å². The van der Waals surface area contributed by atoms with Gasteiger partial charge in [-0.25, -0.2) is 4.98 Å². The highest BCUT2D eigenvalue weighted by molar-refractivity contribution is 9.10. The van der Waals surface area contributed by atoms with Crippen LogP contribution in [0.2, 0.25) is 0 Å². The molecule has 0 aliphatic rings. The van der Waals surface area contributed by atoms with Crippen LogP contribution >= 0.6 is 27.7 Å². The summed E-state index contributed by atoms with van der Waals surface area (Å²) in [7, 11) is 0. The lowest BCUT2D eigenvalue weighted by atomic mass is 10.2. The summed E-state index contributed by atoms with van der Waals surface area (Å²) in [5.74, 6) is -0.142. The highest BCUT2D eigenvalue weighted by Crippen LogP contribution is 2.21. The smallest absolute Gasteiger partial charge is 0.251 e. The van der Waals surface area contributed by atoms with Gasteiger partial charge in [0, 0.05) is 21.9 Å². The Bertz CT molecular complexity index is 748. The molecule has 1 atom stereocenters. The molecule has 0 bridgehead atoms. The fraction of sp³-hybridized carbons (Fsp3) is 0.312. The van der Waals surface area contributed by atoms with Gasteiger partial charge in [0.15, 0.2) is 5.16 Å². The number of carbonyl (C=O) groups excluding carboxylic acids is 1. The average molecular weight is 396 g/mol. The minimum Gasteiger partial charge on any atom is -0.325 e. The second kappa shape index (κ2) is 8.31. The van der Waals surface area contributed by atoms with Gasteiger partial charge in [-0.15, -0.1) is 0 Å². The van der Waals surface area contributed by atoms with Crippen molar-refractivity contribution >= 4 is 39.3 Å². The maximum Gasteiger partial charge on any atom is 0.251 e. The van der Waals surface area contributed by atoms with Crippen LogP contribution in [0.15, 0.2) is 44.8 Å². The van der Waals surface area contributed by atoms with Gasteiger partial charge in [-0.3, -0.25) is 9.59 Å². The Balaban J connectivity index is 2.04. The topological polar surface area (TPSA) is 74.8 Å². The molecule has 0 aliphatic heterocycles. The number of halogens is 1.